The van der Waals surface area contributed by atoms with Gasteiger partial charge in [0, 0.05) is 14.6 Å². The Morgan fingerprint density at radius 2 is 1.78 bits per heavy atom. The molecular weight excluding hydrogens is 428 g/mol. The van der Waals surface area contributed by atoms with Gasteiger partial charge in [-0.25, -0.2) is 0 Å². The number of nitrogens with zero attached hydrogens (tertiary/aromatic N) is 1. The fourth-order valence-corrected chi connectivity index (χ4v) is 3.08. The second-order valence-electron chi connectivity index (χ2n) is 4.94. The molecule has 1 heterocycles. The van der Waals surface area contributed by atoms with Crippen molar-refractivity contribution in [2.45, 2.75) is 0 Å². The molecule has 0 aromatic heterocycles. The quantitative estimate of drug-likeness (QED) is 0.748. The third kappa shape index (κ3) is 3.20. The van der Waals surface area contributed by atoms with Gasteiger partial charge in [0.2, 0.25) is 5.91 Å². The molecule has 3 rings (SSSR count). The third-order valence-electron chi connectivity index (χ3n) is 3.34. The van der Waals surface area contributed by atoms with Gasteiger partial charge in [-0.15, -0.1) is 0 Å². The van der Waals surface area contributed by atoms with Crippen molar-refractivity contribution in [3.8, 4) is 0 Å². The first-order chi connectivity index (χ1) is 11.0. The van der Waals surface area contributed by atoms with Crippen LogP contribution in [0.15, 0.2) is 51.4 Å². The van der Waals surface area contributed by atoms with Crippen LogP contribution in [-0.2, 0) is 9.59 Å². The van der Waals surface area contributed by atoms with Crippen LogP contribution in [0, 0.1) is 0 Å². The average molecular weight is 438 g/mol. The Hall–Kier alpha value is -1.99. The maximum atomic E-state index is 12.2. The predicted octanol–water partition coefficient (Wildman–Crippen LogP) is 3.38. The largest absolute Gasteiger partial charge is 0.324 e. The molecule has 0 radical (unpaired) electrons. The summed E-state index contributed by atoms with van der Waals surface area (Å²) >= 11 is 6.63. The van der Waals surface area contributed by atoms with Crippen LogP contribution in [0.2, 0.25) is 0 Å². The highest BCUT2D eigenvalue weighted by molar-refractivity contribution is 9.10. The van der Waals surface area contributed by atoms with Crippen molar-refractivity contribution in [3.05, 3.63) is 57.0 Å². The van der Waals surface area contributed by atoms with E-state index >= 15 is 0 Å². The highest BCUT2D eigenvalue weighted by Crippen LogP contribution is 2.31. The van der Waals surface area contributed by atoms with Crippen molar-refractivity contribution in [1.29, 1.82) is 0 Å². The first-order valence-electron chi connectivity index (χ1n) is 6.67. The summed E-state index contributed by atoms with van der Waals surface area (Å²) in [4.78, 5) is 37.4. The van der Waals surface area contributed by atoms with E-state index < -0.39 is 11.7 Å². The number of fused-ring (bicyclic) bond motifs is 1. The van der Waals surface area contributed by atoms with Gasteiger partial charge >= 0.3 is 0 Å². The van der Waals surface area contributed by atoms with E-state index in [0.29, 0.717) is 16.9 Å². The molecule has 23 heavy (non-hydrogen) atoms. The van der Waals surface area contributed by atoms with E-state index in [2.05, 4.69) is 37.2 Å². The Labute approximate surface area is 148 Å². The third-order valence-corrected chi connectivity index (χ3v) is 4.33. The van der Waals surface area contributed by atoms with E-state index in [1.165, 1.54) is 4.90 Å². The minimum Gasteiger partial charge on any atom is -0.324 e. The normalized spacial score (nSPS) is 13.2. The van der Waals surface area contributed by atoms with E-state index in [1.807, 2.05) is 6.07 Å². The van der Waals surface area contributed by atoms with Gasteiger partial charge in [0.05, 0.1) is 11.3 Å². The molecule has 0 bridgehead atoms. The zero-order valence-electron chi connectivity index (χ0n) is 11.7. The minimum atomic E-state index is -0.692. The van der Waals surface area contributed by atoms with Gasteiger partial charge in [0.1, 0.15) is 6.54 Å². The monoisotopic (exact) mass is 436 g/mol. The van der Waals surface area contributed by atoms with Crippen LogP contribution in [0.4, 0.5) is 11.4 Å². The average Bonchev–Trinajstić information content (AvgIpc) is 2.72. The number of carbonyl (C=O) groups is 3. The molecular formula is C16H10Br2N2O3. The lowest BCUT2D eigenvalue weighted by Gasteiger charge is -2.16. The van der Waals surface area contributed by atoms with E-state index in [-0.39, 0.29) is 12.5 Å². The van der Waals surface area contributed by atoms with E-state index in [1.54, 1.807) is 36.4 Å². The van der Waals surface area contributed by atoms with Crippen LogP contribution < -0.4 is 10.2 Å². The fourth-order valence-electron chi connectivity index (χ4n) is 2.33. The summed E-state index contributed by atoms with van der Waals surface area (Å²) < 4.78 is 1.56. The van der Waals surface area contributed by atoms with Crippen molar-refractivity contribution in [2.75, 3.05) is 16.8 Å². The number of anilines is 2. The maximum absolute atomic E-state index is 12.2. The number of carbonyl (C=O) groups excluding carboxylic acids is 3. The van der Waals surface area contributed by atoms with E-state index in [4.69, 9.17) is 0 Å². The van der Waals surface area contributed by atoms with Crippen LogP contribution in [0.1, 0.15) is 10.4 Å². The molecule has 5 nitrogen and oxygen atoms in total. The van der Waals surface area contributed by atoms with Gasteiger partial charge in [0.15, 0.2) is 0 Å². The smallest absolute Gasteiger partial charge is 0.299 e. The molecule has 1 N–H and O–H groups in total. The molecule has 0 unspecified atom stereocenters. The molecule has 1 aliphatic heterocycles. The lowest BCUT2D eigenvalue weighted by Crippen LogP contribution is -2.37. The number of nitrogens with one attached hydrogen (secondary N) is 1. The number of halogens is 2. The molecule has 0 aliphatic carbocycles. The van der Waals surface area contributed by atoms with Crippen LogP contribution in [-0.4, -0.2) is 24.1 Å². The van der Waals surface area contributed by atoms with Gasteiger partial charge in [-0.3, -0.25) is 19.3 Å². The lowest BCUT2D eigenvalue weighted by atomic mass is 10.1. The first-order valence-corrected chi connectivity index (χ1v) is 8.25. The summed E-state index contributed by atoms with van der Waals surface area (Å²) in [5, 5.41) is 2.70. The Kier molecular flexibility index (Phi) is 4.32. The second kappa shape index (κ2) is 6.25. The maximum Gasteiger partial charge on any atom is 0.299 e. The highest BCUT2D eigenvalue weighted by atomic mass is 79.9. The van der Waals surface area contributed by atoms with Gasteiger partial charge < -0.3 is 5.32 Å². The number of hydrogen-bond acceptors (Lipinski definition) is 3. The SMILES string of the molecule is O=C(CN1C(=O)C(=O)c2ccc(Br)cc21)Nc1cccc(Br)c1. The molecule has 0 saturated heterocycles. The number of benzene rings is 2. The van der Waals surface area contributed by atoms with Crippen molar-refractivity contribution in [1.82, 2.24) is 0 Å². The number of hydrogen-bond donors (Lipinski definition) is 1. The van der Waals surface area contributed by atoms with Crippen LogP contribution >= 0.6 is 31.9 Å². The summed E-state index contributed by atoms with van der Waals surface area (Å²) in [7, 11) is 0. The Bertz CT molecular complexity index is 836. The van der Waals surface area contributed by atoms with Crippen molar-refractivity contribution >= 4 is 60.8 Å². The van der Waals surface area contributed by atoms with E-state index in [9.17, 15) is 14.4 Å². The molecule has 116 valence electrons. The lowest BCUT2D eigenvalue weighted by molar-refractivity contribution is -0.118. The van der Waals surface area contributed by atoms with Crippen LogP contribution in [0.3, 0.4) is 0 Å². The highest BCUT2D eigenvalue weighted by Gasteiger charge is 2.36. The van der Waals surface area contributed by atoms with Crippen LogP contribution in [0.5, 0.6) is 0 Å². The number of rotatable bonds is 3. The summed E-state index contributed by atoms with van der Waals surface area (Å²) in [5.74, 6) is -1.66. The molecule has 0 atom stereocenters. The molecule has 2 amide bonds. The van der Waals surface area contributed by atoms with Gasteiger partial charge in [-0.05, 0) is 36.4 Å². The van der Waals surface area contributed by atoms with Crippen molar-refractivity contribution < 1.29 is 14.4 Å². The summed E-state index contributed by atoms with van der Waals surface area (Å²) in [6.07, 6.45) is 0. The fraction of sp³-hybridized carbons (Fsp3) is 0.0625. The van der Waals surface area contributed by atoms with Crippen molar-refractivity contribution in [2.24, 2.45) is 0 Å². The summed E-state index contributed by atoms with van der Waals surface area (Å²) in [6.45, 7) is -0.222. The number of amides is 2. The predicted molar refractivity (Wildman–Crippen MR) is 93.6 cm³/mol. The molecule has 1 aliphatic rings. The first kappa shape index (κ1) is 15.9. The summed E-state index contributed by atoms with van der Waals surface area (Å²) in [5.41, 5.74) is 1.36. The number of ketones is 1. The Morgan fingerprint density at radius 1 is 1.04 bits per heavy atom. The van der Waals surface area contributed by atoms with Gasteiger partial charge in [0.25, 0.3) is 11.7 Å². The van der Waals surface area contributed by atoms with Crippen LogP contribution in [0.25, 0.3) is 0 Å². The Balaban J connectivity index is 1.80. The molecule has 0 spiro atoms. The zero-order valence-corrected chi connectivity index (χ0v) is 14.8. The summed E-state index contributed by atoms with van der Waals surface area (Å²) in [6, 6.07) is 12.0. The molecule has 7 heteroatoms. The number of Topliss-reactive ketones (excluding diaryl/α,β-unsaturated/α-hetero) is 1. The van der Waals surface area contributed by atoms with Gasteiger partial charge in [-0.1, -0.05) is 37.9 Å². The second-order valence-corrected chi connectivity index (χ2v) is 6.77. The minimum absolute atomic E-state index is 0.222. The molecule has 0 fully saturated rings. The topological polar surface area (TPSA) is 66.5 Å². The van der Waals surface area contributed by atoms with Gasteiger partial charge in [-0.2, -0.15) is 0 Å². The molecule has 2 aromatic carbocycles. The Morgan fingerprint density at radius 3 is 2.52 bits per heavy atom. The van der Waals surface area contributed by atoms with Crippen molar-refractivity contribution in [3.63, 3.8) is 0 Å². The zero-order chi connectivity index (χ0) is 16.6. The molecule has 2 aromatic rings. The molecule has 0 saturated carbocycles. The standard InChI is InChI=1S/C16H10Br2N2O3/c17-9-2-1-3-11(6-9)19-14(21)8-20-13-7-10(18)4-5-12(13)15(22)16(20)23/h1-7H,8H2,(H,19,21). The van der Waals surface area contributed by atoms with E-state index in [0.717, 1.165) is 8.95 Å².